The molecule has 0 bridgehead atoms. The molecule has 1 aliphatic heterocycles. The van der Waals surface area contributed by atoms with E-state index in [0.29, 0.717) is 17.8 Å². The third-order valence-corrected chi connectivity index (χ3v) is 4.38. The minimum Gasteiger partial charge on any atom is -0.325 e. The largest absolute Gasteiger partial charge is 0.325 e. The molecule has 2 aromatic rings. The van der Waals surface area contributed by atoms with Crippen LogP contribution < -0.4 is 5.32 Å². The molecule has 0 unspecified atom stereocenters. The maximum Gasteiger partial charge on any atom is 0.238 e. The van der Waals surface area contributed by atoms with Crippen LogP contribution in [0, 0.1) is 0 Å². The Hall–Kier alpha value is -2.72. The highest BCUT2D eigenvalue weighted by Crippen LogP contribution is 2.21. The number of nitrogens with zero attached hydrogens (tertiary/aromatic N) is 1. The average molecular weight is 334 g/mol. The number of ketones is 1. The Morgan fingerprint density at radius 3 is 2.36 bits per heavy atom. The van der Waals surface area contributed by atoms with Crippen LogP contribution in [0.25, 0.3) is 5.57 Å². The van der Waals surface area contributed by atoms with Crippen molar-refractivity contribution in [2.75, 3.05) is 25.0 Å². The highest BCUT2D eigenvalue weighted by molar-refractivity contribution is 5.96. The van der Waals surface area contributed by atoms with Gasteiger partial charge in [0, 0.05) is 24.3 Å². The van der Waals surface area contributed by atoms with Crippen LogP contribution in [0.3, 0.4) is 0 Å². The number of nitrogens with one attached hydrogen (secondary N) is 1. The third kappa shape index (κ3) is 4.64. The smallest absolute Gasteiger partial charge is 0.238 e. The molecule has 0 fully saturated rings. The van der Waals surface area contributed by atoms with Gasteiger partial charge in [-0.25, -0.2) is 0 Å². The maximum atomic E-state index is 12.2. The van der Waals surface area contributed by atoms with E-state index in [9.17, 15) is 9.59 Å². The Bertz CT molecular complexity index is 779. The minimum atomic E-state index is -0.0351. The van der Waals surface area contributed by atoms with Crippen molar-refractivity contribution in [3.05, 3.63) is 71.8 Å². The molecule has 1 aliphatic rings. The molecule has 0 atom stereocenters. The van der Waals surface area contributed by atoms with Gasteiger partial charge in [-0.2, -0.15) is 0 Å². The molecule has 1 heterocycles. The summed E-state index contributed by atoms with van der Waals surface area (Å²) in [5.41, 5.74) is 3.97. The zero-order chi connectivity index (χ0) is 17.6. The number of carbonyl (C=O) groups excluding carboxylic acids is 2. The SMILES string of the molecule is CC(=O)c1ccc(NC(=O)CN2CC=C(c3ccccc3)CC2)cc1. The monoisotopic (exact) mass is 334 g/mol. The molecule has 25 heavy (non-hydrogen) atoms. The number of rotatable bonds is 5. The maximum absolute atomic E-state index is 12.2. The summed E-state index contributed by atoms with van der Waals surface area (Å²) in [6, 6.07) is 17.4. The fourth-order valence-electron chi connectivity index (χ4n) is 2.96. The fourth-order valence-corrected chi connectivity index (χ4v) is 2.96. The summed E-state index contributed by atoms with van der Waals surface area (Å²) in [4.78, 5) is 25.6. The van der Waals surface area contributed by atoms with E-state index < -0.39 is 0 Å². The lowest BCUT2D eigenvalue weighted by molar-refractivity contribution is -0.117. The molecule has 1 N–H and O–H groups in total. The van der Waals surface area contributed by atoms with E-state index in [0.717, 1.165) is 19.5 Å². The van der Waals surface area contributed by atoms with E-state index in [-0.39, 0.29) is 11.7 Å². The van der Waals surface area contributed by atoms with Crippen molar-refractivity contribution >= 4 is 23.0 Å². The molecule has 0 aromatic heterocycles. The number of anilines is 1. The first-order valence-electron chi connectivity index (χ1n) is 8.49. The van der Waals surface area contributed by atoms with Gasteiger partial charge >= 0.3 is 0 Å². The summed E-state index contributed by atoms with van der Waals surface area (Å²) < 4.78 is 0. The van der Waals surface area contributed by atoms with Gasteiger partial charge in [0.1, 0.15) is 0 Å². The van der Waals surface area contributed by atoms with Crippen molar-refractivity contribution < 1.29 is 9.59 Å². The Kier molecular flexibility index (Phi) is 5.41. The van der Waals surface area contributed by atoms with Crippen LogP contribution in [0.1, 0.15) is 29.3 Å². The zero-order valence-corrected chi connectivity index (χ0v) is 14.4. The van der Waals surface area contributed by atoms with Crippen molar-refractivity contribution in [3.63, 3.8) is 0 Å². The van der Waals surface area contributed by atoms with Gasteiger partial charge in [-0.05, 0) is 48.7 Å². The summed E-state index contributed by atoms with van der Waals surface area (Å²) in [6.45, 7) is 3.55. The van der Waals surface area contributed by atoms with Crippen LogP contribution in [0.2, 0.25) is 0 Å². The van der Waals surface area contributed by atoms with Gasteiger partial charge in [-0.3, -0.25) is 14.5 Å². The van der Waals surface area contributed by atoms with Crippen LogP contribution >= 0.6 is 0 Å². The summed E-state index contributed by atoms with van der Waals surface area (Å²) in [5.74, 6) is -0.0145. The molecule has 1 amide bonds. The molecule has 0 saturated carbocycles. The van der Waals surface area contributed by atoms with Gasteiger partial charge in [0.25, 0.3) is 0 Å². The van der Waals surface area contributed by atoms with Gasteiger partial charge in [0.2, 0.25) is 5.91 Å². The summed E-state index contributed by atoms with van der Waals surface area (Å²) in [5, 5.41) is 2.89. The van der Waals surface area contributed by atoms with Crippen molar-refractivity contribution in [3.8, 4) is 0 Å². The first-order chi connectivity index (χ1) is 12.1. The Labute approximate surface area is 148 Å². The minimum absolute atomic E-state index is 0.0206. The molecule has 2 aromatic carbocycles. The highest BCUT2D eigenvalue weighted by Gasteiger charge is 2.15. The molecule has 4 heteroatoms. The Morgan fingerprint density at radius 2 is 1.76 bits per heavy atom. The molecule has 0 spiro atoms. The van der Waals surface area contributed by atoms with Crippen molar-refractivity contribution in [1.29, 1.82) is 0 Å². The second kappa shape index (κ2) is 7.90. The predicted molar refractivity (Wildman–Crippen MR) is 101 cm³/mol. The van der Waals surface area contributed by atoms with E-state index in [1.807, 2.05) is 18.2 Å². The number of hydrogen-bond donors (Lipinski definition) is 1. The van der Waals surface area contributed by atoms with Crippen LogP contribution in [0.15, 0.2) is 60.7 Å². The van der Waals surface area contributed by atoms with E-state index in [2.05, 4.69) is 28.4 Å². The lowest BCUT2D eigenvalue weighted by Gasteiger charge is -2.25. The van der Waals surface area contributed by atoms with Crippen molar-refractivity contribution in [2.45, 2.75) is 13.3 Å². The first kappa shape index (κ1) is 17.1. The van der Waals surface area contributed by atoms with E-state index in [4.69, 9.17) is 0 Å². The highest BCUT2D eigenvalue weighted by atomic mass is 16.2. The summed E-state index contributed by atoms with van der Waals surface area (Å²) in [7, 11) is 0. The normalized spacial score (nSPS) is 14.7. The van der Waals surface area contributed by atoms with Crippen LogP contribution in [-0.4, -0.2) is 36.2 Å². The van der Waals surface area contributed by atoms with E-state index in [1.54, 1.807) is 24.3 Å². The Balaban J connectivity index is 1.52. The van der Waals surface area contributed by atoms with Gasteiger partial charge < -0.3 is 5.32 Å². The van der Waals surface area contributed by atoms with Gasteiger partial charge in [0.15, 0.2) is 5.78 Å². The number of hydrogen-bond acceptors (Lipinski definition) is 3. The number of benzene rings is 2. The third-order valence-electron chi connectivity index (χ3n) is 4.38. The lowest BCUT2D eigenvalue weighted by Crippen LogP contribution is -2.36. The molecule has 128 valence electrons. The molecule has 0 aliphatic carbocycles. The van der Waals surface area contributed by atoms with Gasteiger partial charge in [-0.1, -0.05) is 36.4 Å². The molecule has 3 rings (SSSR count). The topological polar surface area (TPSA) is 49.4 Å². The van der Waals surface area contributed by atoms with Crippen LogP contribution in [0.5, 0.6) is 0 Å². The predicted octanol–water partition coefficient (Wildman–Crippen LogP) is 3.62. The molecule has 4 nitrogen and oxygen atoms in total. The summed E-state index contributed by atoms with van der Waals surface area (Å²) >= 11 is 0. The van der Waals surface area contributed by atoms with Crippen molar-refractivity contribution in [1.82, 2.24) is 4.90 Å². The fraction of sp³-hybridized carbons (Fsp3) is 0.238. The van der Waals surface area contributed by atoms with Gasteiger partial charge in [0.05, 0.1) is 6.54 Å². The second-order valence-electron chi connectivity index (χ2n) is 6.26. The van der Waals surface area contributed by atoms with E-state index >= 15 is 0 Å². The average Bonchev–Trinajstić information content (AvgIpc) is 2.63. The first-order valence-corrected chi connectivity index (χ1v) is 8.49. The summed E-state index contributed by atoms with van der Waals surface area (Å²) in [6.07, 6.45) is 3.15. The zero-order valence-electron chi connectivity index (χ0n) is 14.4. The molecular formula is C21H22N2O2. The number of amides is 1. The second-order valence-corrected chi connectivity index (χ2v) is 6.26. The quantitative estimate of drug-likeness (QED) is 0.850. The standard InChI is InChI=1S/C21H22N2O2/c1-16(24)17-7-9-20(10-8-17)22-21(25)15-23-13-11-19(12-14-23)18-5-3-2-4-6-18/h2-11H,12-15H2,1H3,(H,22,25). The number of carbonyl (C=O) groups is 2. The lowest BCUT2D eigenvalue weighted by atomic mass is 10.00. The van der Waals surface area contributed by atoms with Crippen LogP contribution in [0.4, 0.5) is 5.69 Å². The van der Waals surface area contributed by atoms with Crippen molar-refractivity contribution in [2.24, 2.45) is 0 Å². The van der Waals surface area contributed by atoms with Gasteiger partial charge in [-0.15, -0.1) is 0 Å². The Morgan fingerprint density at radius 1 is 1.04 bits per heavy atom. The molecular weight excluding hydrogens is 312 g/mol. The molecule has 0 saturated heterocycles. The number of Topliss-reactive ketones (excluding diaryl/α,β-unsaturated/α-hetero) is 1. The van der Waals surface area contributed by atoms with Crippen LogP contribution in [-0.2, 0) is 4.79 Å². The molecule has 0 radical (unpaired) electrons. The van der Waals surface area contributed by atoms with E-state index in [1.165, 1.54) is 18.1 Å².